The van der Waals surface area contributed by atoms with Gasteiger partial charge >= 0.3 is 5.97 Å². The van der Waals surface area contributed by atoms with Crippen molar-refractivity contribution in [2.45, 2.75) is 13.0 Å². The summed E-state index contributed by atoms with van der Waals surface area (Å²) in [6, 6.07) is 25.9. The van der Waals surface area contributed by atoms with Gasteiger partial charge in [-0.25, -0.2) is 0 Å². The number of esters is 1. The zero-order valence-corrected chi connectivity index (χ0v) is 16.2. The molecule has 0 aliphatic rings. The second-order valence-electron chi connectivity index (χ2n) is 6.30. The number of ether oxygens (including phenoxy) is 2. The molecule has 0 aromatic heterocycles. The summed E-state index contributed by atoms with van der Waals surface area (Å²) in [6.07, 6.45) is -0.544. The van der Waals surface area contributed by atoms with Gasteiger partial charge in [-0.2, -0.15) is 0 Å². The van der Waals surface area contributed by atoms with Crippen LogP contribution in [-0.4, -0.2) is 25.0 Å². The number of carbonyl (C=O) groups excluding carboxylic acids is 2. The summed E-state index contributed by atoms with van der Waals surface area (Å²) in [5.41, 5.74) is 2.10. The van der Waals surface area contributed by atoms with E-state index in [9.17, 15) is 9.59 Å². The van der Waals surface area contributed by atoms with Gasteiger partial charge in [-0.05, 0) is 30.2 Å². The van der Waals surface area contributed by atoms with Gasteiger partial charge in [0.05, 0.1) is 12.2 Å². The first-order valence-electron chi connectivity index (χ1n) is 9.48. The van der Waals surface area contributed by atoms with Gasteiger partial charge in [-0.15, -0.1) is 0 Å². The van der Waals surface area contributed by atoms with Crippen molar-refractivity contribution in [3.8, 4) is 5.75 Å². The number of rotatable bonds is 8. The highest BCUT2D eigenvalue weighted by molar-refractivity contribution is 5.98. The van der Waals surface area contributed by atoms with E-state index in [1.807, 2.05) is 67.6 Å². The molecule has 29 heavy (non-hydrogen) atoms. The Balaban J connectivity index is 1.67. The predicted molar refractivity (Wildman–Crippen MR) is 111 cm³/mol. The number of benzene rings is 3. The van der Waals surface area contributed by atoms with Gasteiger partial charge in [-0.3, -0.25) is 9.59 Å². The highest BCUT2D eigenvalue weighted by Crippen LogP contribution is 2.26. The molecule has 0 aliphatic carbocycles. The van der Waals surface area contributed by atoms with Crippen LogP contribution in [0.4, 0.5) is 0 Å². The molecule has 5 nitrogen and oxygen atoms in total. The Morgan fingerprint density at radius 1 is 0.828 bits per heavy atom. The van der Waals surface area contributed by atoms with E-state index in [2.05, 4.69) is 5.32 Å². The third kappa shape index (κ3) is 5.45. The molecular weight excluding hydrogens is 366 g/mol. The normalized spacial score (nSPS) is 10.4. The monoisotopic (exact) mass is 389 g/mol. The van der Waals surface area contributed by atoms with E-state index in [1.165, 1.54) is 0 Å². The van der Waals surface area contributed by atoms with Crippen LogP contribution in [0.15, 0.2) is 84.9 Å². The van der Waals surface area contributed by atoms with Gasteiger partial charge in [0.15, 0.2) is 6.10 Å². The highest BCUT2D eigenvalue weighted by Gasteiger charge is 2.20. The molecule has 3 aromatic carbocycles. The minimum atomic E-state index is -0.544. The first-order chi connectivity index (χ1) is 14.2. The van der Waals surface area contributed by atoms with Crippen LogP contribution in [-0.2, 0) is 9.53 Å². The maximum atomic E-state index is 12.5. The van der Waals surface area contributed by atoms with Crippen LogP contribution in [0.25, 0.3) is 0 Å². The van der Waals surface area contributed by atoms with Crippen LogP contribution in [0.3, 0.4) is 0 Å². The Morgan fingerprint density at radius 2 is 1.38 bits per heavy atom. The average Bonchev–Trinajstić information content (AvgIpc) is 2.77. The molecule has 5 heteroatoms. The first kappa shape index (κ1) is 20.1. The molecule has 0 spiro atoms. The van der Waals surface area contributed by atoms with Crippen molar-refractivity contribution >= 4 is 11.9 Å². The number of hydrogen-bond acceptors (Lipinski definition) is 4. The molecule has 0 radical (unpaired) electrons. The summed E-state index contributed by atoms with van der Waals surface area (Å²) in [6.45, 7) is 2.05. The Kier molecular flexibility index (Phi) is 7.00. The summed E-state index contributed by atoms with van der Waals surface area (Å²) in [7, 11) is 0. The zero-order valence-electron chi connectivity index (χ0n) is 16.2. The van der Waals surface area contributed by atoms with Gasteiger partial charge < -0.3 is 14.8 Å². The average molecular weight is 389 g/mol. The van der Waals surface area contributed by atoms with Crippen molar-refractivity contribution in [2.75, 3.05) is 13.2 Å². The summed E-state index contributed by atoms with van der Waals surface area (Å²) in [5.74, 6) is -0.431. The number of amides is 1. The van der Waals surface area contributed by atoms with Gasteiger partial charge in [0, 0.05) is 0 Å². The predicted octanol–water partition coefficient (Wildman–Crippen LogP) is 4.15. The minimum Gasteiger partial charge on any atom is -0.493 e. The molecule has 1 N–H and O–H groups in total. The highest BCUT2D eigenvalue weighted by atomic mass is 16.5. The lowest BCUT2D eigenvalue weighted by atomic mass is 10.0. The van der Waals surface area contributed by atoms with Crippen molar-refractivity contribution in [3.05, 3.63) is 102 Å². The summed E-state index contributed by atoms with van der Waals surface area (Å²) in [5, 5.41) is 2.61. The first-order valence-corrected chi connectivity index (χ1v) is 9.48. The van der Waals surface area contributed by atoms with Crippen molar-refractivity contribution in [3.63, 3.8) is 0 Å². The van der Waals surface area contributed by atoms with E-state index >= 15 is 0 Å². The molecule has 0 unspecified atom stereocenters. The molecule has 0 saturated heterocycles. The van der Waals surface area contributed by atoms with Gasteiger partial charge in [0.25, 0.3) is 5.91 Å². The third-order valence-corrected chi connectivity index (χ3v) is 4.28. The van der Waals surface area contributed by atoms with E-state index in [1.54, 1.807) is 24.3 Å². The standard InChI is InChI=1S/C24H23NO4/c1-2-28-21-16-10-9-15-20(21)24(27)25-17-22(26)29-23(18-11-5-3-6-12-18)19-13-7-4-8-14-19/h3-16,23H,2,17H2,1H3,(H,25,27). The number of nitrogens with one attached hydrogen (secondary N) is 1. The third-order valence-electron chi connectivity index (χ3n) is 4.28. The van der Waals surface area contributed by atoms with Crippen LogP contribution in [0.5, 0.6) is 5.75 Å². The van der Waals surface area contributed by atoms with Crippen LogP contribution in [0.1, 0.15) is 34.5 Å². The maximum absolute atomic E-state index is 12.5. The second-order valence-corrected chi connectivity index (χ2v) is 6.30. The molecule has 0 aliphatic heterocycles. The van der Waals surface area contributed by atoms with Crippen molar-refractivity contribution < 1.29 is 19.1 Å². The fourth-order valence-corrected chi connectivity index (χ4v) is 2.94. The quantitative estimate of drug-likeness (QED) is 0.588. The molecule has 0 bridgehead atoms. The van der Waals surface area contributed by atoms with Crippen molar-refractivity contribution in [1.82, 2.24) is 5.32 Å². The molecule has 0 fully saturated rings. The lowest BCUT2D eigenvalue weighted by Gasteiger charge is -2.19. The smallest absolute Gasteiger partial charge is 0.326 e. The largest absolute Gasteiger partial charge is 0.493 e. The van der Waals surface area contributed by atoms with Crippen molar-refractivity contribution in [2.24, 2.45) is 0 Å². The summed E-state index contributed by atoms with van der Waals surface area (Å²) >= 11 is 0. The number of para-hydroxylation sites is 1. The van der Waals surface area contributed by atoms with E-state index in [0.717, 1.165) is 11.1 Å². The maximum Gasteiger partial charge on any atom is 0.326 e. The van der Waals surface area contributed by atoms with Crippen molar-refractivity contribution in [1.29, 1.82) is 0 Å². The molecular formula is C24H23NO4. The minimum absolute atomic E-state index is 0.241. The Hall–Kier alpha value is -3.60. The summed E-state index contributed by atoms with van der Waals surface area (Å²) in [4.78, 5) is 24.9. The van der Waals surface area contributed by atoms with E-state index in [4.69, 9.17) is 9.47 Å². The van der Waals surface area contributed by atoms with Gasteiger partial charge in [-0.1, -0.05) is 72.8 Å². The van der Waals surface area contributed by atoms with Gasteiger partial charge in [0.2, 0.25) is 0 Å². The molecule has 3 aromatic rings. The molecule has 148 valence electrons. The van der Waals surface area contributed by atoms with Crippen LogP contribution in [0, 0.1) is 0 Å². The number of hydrogen-bond donors (Lipinski definition) is 1. The molecule has 3 rings (SSSR count). The van der Waals surface area contributed by atoms with Crippen LogP contribution < -0.4 is 10.1 Å². The van der Waals surface area contributed by atoms with E-state index in [0.29, 0.717) is 17.9 Å². The Labute approximate surface area is 170 Å². The molecule has 0 atom stereocenters. The lowest BCUT2D eigenvalue weighted by Crippen LogP contribution is -2.31. The lowest BCUT2D eigenvalue weighted by molar-refractivity contribution is -0.146. The SMILES string of the molecule is CCOc1ccccc1C(=O)NCC(=O)OC(c1ccccc1)c1ccccc1. The molecule has 0 saturated carbocycles. The van der Waals surface area contributed by atoms with Crippen LogP contribution >= 0.6 is 0 Å². The second kappa shape index (κ2) is 10.1. The fourth-order valence-electron chi connectivity index (χ4n) is 2.94. The van der Waals surface area contributed by atoms with Crippen LogP contribution in [0.2, 0.25) is 0 Å². The molecule has 1 amide bonds. The fraction of sp³-hybridized carbons (Fsp3) is 0.167. The van der Waals surface area contributed by atoms with Gasteiger partial charge in [0.1, 0.15) is 12.3 Å². The van der Waals surface area contributed by atoms with E-state index < -0.39 is 12.1 Å². The molecule has 0 heterocycles. The number of carbonyl (C=O) groups is 2. The van der Waals surface area contributed by atoms with E-state index in [-0.39, 0.29) is 12.5 Å². The summed E-state index contributed by atoms with van der Waals surface area (Å²) < 4.78 is 11.2. The zero-order chi connectivity index (χ0) is 20.5. The Bertz CT molecular complexity index is 902. The Morgan fingerprint density at radius 3 is 1.97 bits per heavy atom. The topological polar surface area (TPSA) is 64.6 Å².